The van der Waals surface area contributed by atoms with E-state index >= 15 is 0 Å². The Labute approximate surface area is 111 Å². The van der Waals surface area contributed by atoms with E-state index in [0.717, 1.165) is 29.9 Å². The fourth-order valence-corrected chi connectivity index (χ4v) is 2.55. The van der Waals surface area contributed by atoms with Crippen LogP contribution in [0.1, 0.15) is 17.3 Å². The Balaban J connectivity index is 1.80. The topological polar surface area (TPSA) is 50.9 Å². The van der Waals surface area contributed by atoms with Crippen molar-refractivity contribution in [1.82, 2.24) is 4.98 Å². The van der Waals surface area contributed by atoms with Crippen LogP contribution in [-0.2, 0) is 6.42 Å². The Morgan fingerprint density at radius 3 is 2.89 bits per heavy atom. The molecular formula is C15H16FN3. The molecule has 4 heteroatoms. The van der Waals surface area contributed by atoms with Gasteiger partial charge in [-0.3, -0.25) is 4.98 Å². The first kappa shape index (κ1) is 12.1. The van der Waals surface area contributed by atoms with Crippen molar-refractivity contribution in [3.63, 3.8) is 0 Å². The normalized spacial score (nSPS) is 19.4. The molecule has 0 saturated heterocycles. The summed E-state index contributed by atoms with van der Waals surface area (Å²) in [4.78, 5) is 4.15. The standard InChI is InChI=1S/C15H16FN3/c16-12-7-14-13(19-9-12)6-11(8-18-14)15(17)10-4-2-1-3-5-10/h1-5,7,9,11,15,18H,6,8,17H2. The minimum Gasteiger partial charge on any atom is -0.383 e. The molecule has 0 spiro atoms. The number of pyridine rings is 1. The van der Waals surface area contributed by atoms with Crippen molar-refractivity contribution >= 4 is 5.69 Å². The van der Waals surface area contributed by atoms with Gasteiger partial charge in [0.1, 0.15) is 5.82 Å². The van der Waals surface area contributed by atoms with Gasteiger partial charge < -0.3 is 11.1 Å². The smallest absolute Gasteiger partial charge is 0.143 e. The maximum absolute atomic E-state index is 13.1. The van der Waals surface area contributed by atoms with Crippen molar-refractivity contribution in [2.45, 2.75) is 12.5 Å². The van der Waals surface area contributed by atoms with E-state index in [1.165, 1.54) is 12.3 Å². The minimum absolute atomic E-state index is 0.0336. The van der Waals surface area contributed by atoms with Gasteiger partial charge in [-0.05, 0) is 12.0 Å². The van der Waals surface area contributed by atoms with E-state index in [2.05, 4.69) is 10.3 Å². The third-order valence-electron chi connectivity index (χ3n) is 3.64. The van der Waals surface area contributed by atoms with Crippen LogP contribution in [-0.4, -0.2) is 11.5 Å². The number of benzene rings is 1. The molecule has 0 aliphatic carbocycles. The first-order valence-corrected chi connectivity index (χ1v) is 6.43. The quantitative estimate of drug-likeness (QED) is 0.869. The molecule has 2 unspecified atom stereocenters. The second kappa shape index (κ2) is 4.97. The third kappa shape index (κ3) is 2.44. The van der Waals surface area contributed by atoms with Gasteiger partial charge >= 0.3 is 0 Å². The third-order valence-corrected chi connectivity index (χ3v) is 3.64. The zero-order valence-electron chi connectivity index (χ0n) is 10.5. The van der Waals surface area contributed by atoms with E-state index in [9.17, 15) is 4.39 Å². The highest BCUT2D eigenvalue weighted by Crippen LogP contribution is 2.29. The summed E-state index contributed by atoms with van der Waals surface area (Å²) >= 11 is 0. The van der Waals surface area contributed by atoms with Crippen LogP contribution in [0.3, 0.4) is 0 Å². The summed E-state index contributed by atoms with van der Waals surface area (Å²) in [6, 6.07) is 11.5. The zero-order chi connectivity index (χ0) is 13.2. The lowest BCUT2D eigenvalue weighted by molar-refractivity contribution is 0.434. The van der Waals surface area contributed by atoms with E-state index < -0.39 is 0 Å². The number of rotatable bonds is 2. The van der Waals surface area contributed by atoms with Crippen LogP contribution >= 0.6 is 0 Å². The number of halogens is 1. The molecule has 1 aromatic heterocycles. The predicted octanol–water partition coefficient (Wildman–Crippen LogP) is 2.50. The highest BCUT2D eigenvalue weighted by molar-refractivity contribution is 5.50. The number of nitrogens with two attached hydrogens (primary N) is 1. The van der Waals surface area contributed by atoms with E-state index in [1.54, 1.807) is 0 Å². The van der Waals surface area contributed by atoms with Crippen LogP contribution in [0, 0.1) is 11.7 Å². The number of aromatic nitrogens is 1. The van der Waals surface area contributed by atoms with Crippen LogP contribution in [0.15, 0.2) is 42.6 Å². The lowest BCUT2D eigenvalue weighted by Crippen LogP contribution is -2.33. The van der Waals surface area contributed by atoms with Gasteiger partial charge in [0.15, 0.2) is 0 Å². The average molecular weight is 257 g/mol. The molecule has 3 rings (SSSR count). The van der Waals surface area contributed by atoms with E-state index in [4.69, 9.17) is 5.73 Å². The Kier molecular flexibility index (Phi) is 3.17. The Hall–Kier alpha value is -1.94. The molecule has 98 valence electrons. The first-order valence-electron chi connectivity index (χ1n) is 6.43. The minimum atomic E-state index is -0.308. The number of anilines is 1. The first-order chi connectivity index (χ1) is 9.24. The maximum Gasteiger partial charge on any atom is 0.143 e. The summed E-state index contributed by atoms with van der Waals surface area (Å²) in [7, 11) is 0. The molecule has 3 N–H and O–H groups in total. The number of fused-ring (bicyclic) bond motifs is 1. The van der Waals surface area contributed by atoms with Gasteiger partial charge in [0.2, 0.25) is 0 Å². The molecule has 1 aliphatic heterocycles. The van der Waals surface area contributed by atoms with Crippen molar-refractivity contribution in [2.24, 2.45) is 11.7 Å². The molecular weight excluding hydrogens is 241 g/mol. The SMILES string of the molecule is NC(c1ccccc1)C1CNc2cc(F)cnc2C1. The molecule has 1 aliphatic rings. The van der Waals surface area contributed by atoms with Crippen LogP contribution in [0.4, 0.5) is 10.1 Å². The van der Waals surface area contributed by atoms with Crippen LogP contribution < -0.4 is 11.1 Å². The summed E-state index contributed by atoms with van der Waals surface area (Å²) in [6.45, 7) is 0.744. The van der Waals surface area contributed by atoms with Crippen molar-refractivity contribution in [2.75, 3.05) is 11.9 Å². The Bertz CT molecular complexity index is 571. The molecule has 1 aromatic carbocycles. The average Bonchev–Trinajstić information content (AvgIpc) is 2.47. The Morgan fingerprint density at radius 2 is 2.11 bits per heavy atom. The summed E-state index contributed by atoms with van der Waals surface area (Å²) in [6.07, 6.45) is 2.04. The monoisotopic (exact) mass is 257 g/mol. The van der Waals surface area contributed by atoms with Crippen LogP contribution in [0.5, 0.6) is 0 Å². The van der Waals surface area contributed by atoms with Gasteiger partial charge in [0.25, 0.3) is 0 Å². The maximum atomic E-state index is 13.1. The fraction of sp³-hybridized carbons (Fsp3) is 0.267. The summed E-state index contributed by atoms with van der Waals surface area (Å²) in [5.41, 5.74) is 9.12. The highest BCUT2D eigenvalue weighted by Gasteiger charge is 2.25. The second-order valence-electron chi connectivity index (χ2n) is 4.93. The van der Waals surface area contributed by atoms with Crippen molar-refractivity contribution in [1.29, 1.82) is 0 Å². The number of hydrogen-bond donors (Lipinski definition) is 2. The fourth-order valence-electron chi connectivity index (χ4n) is 2.55. The van der Waals surface area contributed by atoms with E-state index in [1.807, 2.05) is 30.3 Å². The van der Waals surface area contributed by atoms with Gasteiger partial charge in [-0.15, -0.1) is 0 Å². The van der Waals surface area contributed by atoms with Gasteiger partial charge in [0, 0.05) is 24.6 Å². The number of nitrogens with one attached hydrogen (secondary N) is 1. The number of hydrogen-bond acceptors (Lipinski definition) is 3. The summed E-state index contributed by atoms with van der Waals surface area (Å²) < 4.78 is 13.1. The molecule has 0 fully saturated rings. The van der Waals surface area contributed by atoms with Crippen molar-refractivity contribution in [3.05, 3.63) is 59.7 Å². The van der Waals surface area contributed by atoms with Gasteiger partial charge in [-0.1, -0.05) is 30.3 Å². The van der Waals surface area contributed by atoms with Crippen molar-refractivity contribution < 1.29 is 4.39 Å². The molecule has 0 radical (unpaired) electrons. The van der Waals surface area contributed by atoms with E-state index in [0.29, 0.717) is 0 Å². The largest absolute Gasteiger partial charge is 0.383 e. The van der Waals surface area contributed by atoms with Crippen LogP contribution in [0.25, 0.3) is 0 Å². The van der Waals surface area contributed by atoms with Crippen LogP contribution in [0.2, 0.25) is 0 Å². The summed E-state index contributed by atoms with van der Waals surface area (Å²) in [5, 5.41) is 3.22. The molecule has 2 heterocycles. The number of nitrogens with zero attached hydrogens (tertiary/aromatic N) is 1. The predicted molar refractivity (Wildman–Crippen MR) is 73.2 cm³/mol. The van der Waals surface area contributed by atoms with E-state index in [-0.39, 0.29) is 17.8 Å². The highest BCUT2D eigenvalue weighted by atomic mass is 19.1. The van der Waals surface area contributed by atoms with Gasteiger partial charge in [-0.2, -0.15) is 0 Å². The van der Waals surface area contributed by atoms with Gasteiger partial charge in [0.05, 0.1) is 17.6 Å². The molecule has 0 amide bonds. The molecule has 0 bridgehead atoms. The molecule has 19 heavy (non-hydrogen) atoms. The Morgan fingerprint density at radius 1 is 1.32 bits per heavy atom. The lowest BCUT2D eigenvalue weighted by atomic mass is 9.87. The zero-order valence-corrected chi connectivity index (χ0v) is 10.5. The van der Waals surface area contributed by atoms with Gasteiger partial charge in [-0.25, -0.2) is 4.39 Å². The molecule has 3 nitrogen and oxygen atoms in total. The molecule has 2 atom stereocenters. The van der Waals surface area contributed by atoms with Crippen molar-refractivity contribution in [3.8, 4) is 0 Å². The summed E-state index contributed by atoms with van der Waals surface area (Å²) in [5.74, 6) is -0.0371. The lowest BCUT2D eigenvalue weighted by Gasteiger charge is -2.30. The molecule has 0 saturated carbocycles. The molecule has 2 aromatic rings. The second-order valence-corrected chi connectivity index (χ2v) is 4.93.